The van der Waals surface area contributed by atoms with E-state index in [4.69, 9.17) is 8.85 Å². The van der Waals surface area contributed by atoms with Gasteiger partial charge in [0.15, 0.2) is 16.6 Å². The highest BCUT2D eigenvalue weighted by Crippen LogP contribution is 2.65. The van der Waals surface area contributed by atoms with Gasteiger partial charge in [0.2, 0.25) is 0 Å². The second kappa shape index (κ2) is 14.7. The molecule has 0 aliphatic heterocycles. The van der Waals surface area contributed by atoms with Crippen molar-refractivity contribution in [2.24, 2.45) is 22.7 Å². The summed E-state index contributed by atoms with van der Waals surface area (Å²) in [7, 11) is -3.68. The highest BCUT2D eigenvalue weighted by Gasteiger charge is 2.58. The van der Waals surface area contributed by atoms with Gasteiger partial charge in [-0.05, 0) is 105 Å². The van der Waals surface area contributed by atoms with Gasteiger partial charge in [0.05, 0.1) is 17.8 Å². The second-order valence-electron chi connectivity index (χ2n) is 17.6. The van der Waals surface area contributed by atoms with E-state index >= 15 is 0 Å². The van der Waals surface area contributed by atoms with Crippen molar-refractivity contribution in [1.29, 1.82) is 0 Å². The SMILES string of the molecule is CCC(/C=C\CSC(C)C1=CC[C@H]2C3=CC=C4C[C@@H](O)C[C@H](O[Si](C)(C)C(C)(C)C)[C@]4(C)[C@H]3CC[C@]12C)(CC)O[Si](CC)(CC)CC. The molecule has 4 rings (SSSR count). The second-order valence-corrected chi connectivity index (χ2v) is 28.4. The van der Waals surface area contributed by atoms with Crippen molar-refractivity contribution in [3.63, 3.8) is 0 Å². The van der Waals surface area contributed by atoms with Crippen molar-refractivity contribution < 1.29 is 14.0 Å². The molecule has 0 saturated heterocycles. The summed E-state index contributed by atoms with van der Waals surface area (Å²) in [6.45, 7) is 30.9. The summed E-state index contributed by atoms with van der Waals surface area (Å²) in [6.07, 6.45) is 19.4. The zero-order valence-electron chi connectivity index (χ0n) is 32.7. The fourth-order valence-corrected chi connectivity index (χ4v) is 15.2. The lowest BCUT2D eigenvalue weighted by atomic mass is 9.49. The average Bonchev–Trinajstić information content (AvgIpc) is 3.38. The molecule has 4 aliphatic rings. The standard InChI is InChI=1S/C41H72O3SSi2/c1-14-41(15-2,44-47(16-3,17-4)18-5)25-19-27-45-30(6)34-22-23-35-33-21-20-31-28-32(42)29-37(43-46(12,13)38(7,8)9)40(31,11)36(33)24-26-39(34,35)10/h19-22,25,30,32,35-37,42H,14-18,23-24,26-29H2,1-13H3/b25-19-/t30?,32-,35+,36+,37+,39-,40+/m1/s1. The summed E-state index contributed by atoms with van der Waals surface area (Å²) in [6, 6.07) is 3.61. The van der Waals surface area contributed by atoms with E-state index in [1.807, 2.05) is 0 Å². The van der Waals surface area contributed by atoms with E-state index in [0.29, 0.717) is 17.1 Å². The Hall–Kier alpha value is -0.376. The molecule has 0 spiro atoms. The first-order valence-electron chi connectivity index (χ1n) is 19.4. The monoisotopic (exact) mass is 700 g/mol. The van der Waals surface area contributed by atoms with Gasteiger partial charge >= 0.3 is 0 Å². The minimum absolute atomic E-state index is 0.0328. The molecule has 0 aromatic carbocycles. The molecule has 3 nitrogen and oxygen atoms in total. The van der Waals surface area contributed by atoms with Crippen LogP contribution in [0.15, 0.2) is 47.1 Å². The Morgan fingerprint density at radius 3 is 2.23 bits per heavy atom. The van der Waals surface area contributed by atoms with Gasteiger partial charge in [-0.15, -0.1) is 0 Å². The lowest BCUT2D eigenvalue weighted by Gasteiger charge is -2.58. The minimum Gasteiger partial charge on any atom is -0.413 e. The molecule has 2 fully saturated rings. The van der Waals surface area contributed by atoms with Crippen molar-refractivity contribution in [2.45, 2.75) is 180 Å². The lowest BCUT2D eigenvalue weighted by molar-refractivity contribution is -0.0417. The molecule has 1 N–H and O–H groups in total. The summed E-state index contributed by atoms with van der Waals surface area (Å²) in [4.78, 5) is 0. The number of fused-ring (bicyclic) bond motifs is 5. The van der Waals surface area contributed by atoms with E-state index in [2.05, 4.69) is 131 Å². The van der Waals surface area contributed by atoms with Gasteiger partial charge in [-0.2, -0.15) is 11.8 Å². The zero-order valence-corrected chi connectivity index (χ0v) is 35.5. The molecule has 4 aliphatic carbocycles. The first-order valence-corrected chi connectivity index (χ1v) is 25.9. The number of rotatable bonds is 14. The summed E-state index contributed by atoms with van der Waals surface area (Å²) < 4.78 is 14.4. The lowest BCUT2D eigenvalue weighted by Crippen LogP contribution is -2.57. The first kappa shape index (κ1) is 39.4. The van der Waals surface area contributed by atoms with Gasteiger partial charge < -0.3 is 14.0 Å². The van der Waals surface area contributed by atoms with Crippen LogP contribution in [0.2, 0.25) is 36.3 Å². The van der Waals surface area contributed by atoms with Crippen molar-refractivity contribution in [3.8, 4) is 0 Å². The van der Waals surface area contributed by atoms with E-state index in [1.54, 1.807) is 11.1 Å². The summed E-state index contributed by atoms with van der Waals surface area (Å²) in [5.74, 6) is 2.11. The Kier molecular flexibility index (Phi) is 12.3. The predicted octanol–water partition coefficient (Wildman–Crippen LogP) is 12.0. The van der Waals surface area contributed by atoms with Gasteiger partial charge in [0, 0.05) is 16.4 Å². The van der Waals surface area contributed by atoms with Gasteiger partial charge in [0.1, 0.15) is 0 Å². The van der Waals surface area contributed by atoms with Gasteiger partial charge in [0.25, 0.3) is 0 Å². The van der Waals surface area contributed by atoms with Crippen LogP contribution in [0.25, 0.3) is 0 Å². The topological polar surface area (TPSA) is 38.7 Å². The molecule has 1 unspecified atom stereocenters. The molecule has 0 radical (unpaired) electrons. The molecule has 2 saturated carbocycles. The molecule has 6 heteroatoms. The quantitative estimate of drug-likeness (QED) is 0.145. The van der Waals surface area contributed by atoms with Gasteiger partial charge in [-0.1, -0.05) is 116 Å². The predicted molar refractivity (Wildman–Crippen MR) is 211 cm³/mol. The van der Waals surface area contributed by atoms with E-state index in [9.17, 15) is 5.11 Å². The van der Waals surface area contributed by atoms with Crippen LogP contribution in [-0.4, -0.2) is 50.6 Å². The molecule has 47 heavy (non-hydrogen) atoms. The third-order valence-corrected chi connectivity index (χ3v) is 24.7. The van der Waals surface area contributed by atoms with Gasteiger partial charge in [-0.25, -0.2) is 0 Å². The molecule has 0 bridgehead atoms. The zero-order chi connectivity index (χ0) is 35.1. The summed E-state index contributed by atoms with van der Waals surface area (Å²) in [5, 5.41) is 11.7. The number of hydrogen-bond acceptors (Lipinski definition) is 4. The molecule has 0 aromatic rings. The average molecular weight is 701 g/mol. The van der Waals surface area contributed by atoms with E-state index in [0.717, 1.165) is 37.9 Å². The summed E-state index contributed by atoms with van der Waals surface area (Å²) in [5.41, 5.74) is 4.84. The van der Waals surface area contributed by atoms with E-state index in [1.165, 1.54) is 36.5 Å². The van der Waals surface area contributed by atoms with Crippen LogP contribution in [0.3, 0.4) is 0 Å². The number of allylic oxidation sites excluding steroid dienone is 4. The molecule has 268 valence electrons. The van der Waals surface area contributed by atoms with E-state index in [-0.39, 0.29) is 33.7 Å². The highest BCUT2D eigenvalue weighted by molar-refractivity contribution is 8.00. The van der Waals surface area contributed by atoms with Gasteiger partial charge in [-0.3, -0.25) is 0 Å². The highest BCUT2D eigenvalue weighted by atomic mass is 32.2. The fraction of sp³-hybridized carbons (Fsp3) is 0.805. The smallest absolute Gasteiger partial charge is 0.193 e. The molecular weight excluding hydrogens is 629 g/mol. The first-order chi connectivity index (χ1) is 21.9. The van der Waals surface area contributed by atoms with Crippen LogP contribution in [-0.2, 0) is 8.85 Å². The largest absolute Gasteiger partial charge is 0.413 e. The Morgan fingerprint density at radius 2 is 1.66 bits per heavy atom. The Morgan fingerprint density at radius 1 is 1.02 bits per heavy atom. The third kappa shape index (κ3) is 7.36. The van der Waals surface area contributed by atoms with Crippen LogP contribution >= 0.6 is 11.8 Å². The molecule has 0 aromatic heterocycles. The molecular formula is C41H72O3SSi2. The van der Waals surface area contributed by atoms with Crippen molar-refractivity contribution >= 4 is 28.4 Å². The maximum Gasteiger partial charge on any atom is 0.193 e. The number of hydrogen-bond donors (Lipinski definition) is 1. The fourth-order valence-electron chi connectivity index (χ4n) is 9.59. The maximum atomic E-state index is 11.0. The van der Waals surface area contributed by atoms with Crippen molar-refractivity contribution in [2.75, 3.05) is 5.75 Å². The maximum absolute atomic E-state index is 11.0. The van der Waals surface area contributed by atoms with Crippen LogP contribution < -0.4 is 0 Å². The normalized spacial score (nSPS) is 32.3. The number of thioether (sulfide) groups is 1. The Balaban J connectivity index is 1.49. The van der Waals surface area contributed by atoms with Crippen LogP contribution in [0.4, 0.5) is 0 Å². The molecule has 7 atom stereocenters. The van der Waals surface area contributed by atoms with Crippen LogP contribution in [0.1, 0.15) is 121 Å². The van der Waals surface area contributed by atoms with Crippen LogP contribution in [0.5, 0.6) is 0 Å². The van der Waals surface area contributed by atoms with Crippen molar-refractivity contribution in [3.05, 3.63) is 47.1 Å². The molecule has 0 amide bonds. The summed E-state index contributed by atoms with van der Waals surface area (Å²) >= 11 is 2.11. The van der Waals surface area contributed by atoms with E-state index < -0.39 is 16.6 Å². The van der Waals surface area contributed by atoms with Crippen LogP contribution in [0, 0.1) is 22.7 Å². The Labute approximate surface area is 297 Å². The van der Waals surface area contributed by atoms with Crippen molar-refractivity contribution in [1.82, 2.24) is 0 Å². The Bertz CT molecular complexity index is 1210. The number of aliphatic hydroxyl groups excluding tert-OH is 1. The molecule has 0 heterocycles. The minimum atomic E-state index is -2.00. The third-order valence-electron chi connectivity index (χ3n) is 14.4. The number of aliphatic hydroxyl groups is 1.